The molecule has 0 atom stereocenters. The van der Waals surface area contributed by atoms with Gasteiger partial charge in [0.05, 0.1) is 18.6 Å². The first-order valence-corrected chi connectivity index (χ1v) is 11.0. The van der Waals surface area contributed by atoms with Gasteiger partial charge in [-0.15, -0.1) is 0 Å². The lowest BCUT2D eigenvalue weighted by Crippen LogP contribution is -2.37. The number of carbonyl (C=O) groups is 1. The Morgan fingerprint density at radius 1 is 1.03 bits per heavy atom. The lowest BCUT2D eigenvalue weighted by molar-refractivity contribution is -0.116. The largest absolute Gasteiger partial charge is 0.496 e. The number of aryl methyl sites for hydroxylation is 1. The maximum Gasteiger partial charge on any atom is 0.243 e. The van der Waals surface area contributed by atoms with Crippen molar-refractivity contribution in [3.63, 3.8) is 0 Å². The van der Waals surface area contributed by atoms with Gasteiger partial charge in [-0.1, -0.05) is 30.3 Å². The Bertz CT molecular complexity index is 1150. The first-order valence-electron chi connectivity index (χ1n) is 9.54. The van der Waals surface area contributed by atoms with Crippen molar-refractivity contribution in [2.75, 3.05) is 19.0 Å². The van der Waals surface area contributed by atoms with E-state index in [1.54, 1.807) is 37.3 Å². The molecule has 0 bridgehead atoms. The molecule has 3 aromatic rings. The molecule has 0 aliphatic rings. The standard InChI is InChI=1S/C23H23FN2O4S/c1-17-14-21(12-13-22(17)30-2)31(28,29)26(15-18-6-4-3-5-7-18)16-23(27)25-20-10-8-19(24)9-11-20/h3-14H,15-16H2,1-2H3,(H,25,27). The highest BCUT2D eigenvalue weighted by atomic mass is 32.2. The van der Waals surface area contributed by atoms with E-state index in [-0.39, 0.29) is 11.4 Å². The van der Waals surface area contributed by atoms with Gasteiger partial charge in [0.1, 0.15) is 11.6 Å². The average Bonchev–Trinajstić information content (AvgIpc) is 2.75. The molecule has 0 radical (unpaired) electrons. The molecule has 31 heavy (non-hydrogen) atoms. The predicted molar refractivity (Wildman–Crippen MR) is 117 cm³/mol. The Kier molecular flexibility index (Phi) is 7.04. The molecule has 0 heterocycles. The van der Waals surface area contributed by atoms with Gasteiger partial charge in [-0.3, -0.25) is 4.79 Å². The second kappa shape index (κ2) is 9.72. The molecular formula is C23H23FN2O4S. The third-order valence-electron chi connectivity index (χ3n) is 4.65. The summed E-state index contributed by atoms with van der Waals surface area (Å²) in [7, 11) is -2.47. The molecule has 0 fully saturated rings. The highest BCUT2D eigenvalue weighted by Gasteiger charge is 2.27. The summed E-state index contributed by atoms with van der Waals surface area (Å²) in [6.07, 6.45) is 0. The molecule has 0 unspecified atom stereocenters. The van der Waals surface area contributed by atoms with E-state index in [4.69, 9.17) is 4.74 Å². The third-order valence-corrected chi connectivity index (χ3v) is 6.44. The van der Waals surface area contributed by atoms with Crippen LogP contribution in [0.1, 0.15) is 11.1 Å². The first kappa shape index (κ1) is 22.5. The van der Waals surface area contributed by atoms with Crippen molar-refractivity contribution in [1.29, 1.82) is 0 Å². The van der Waals surface area contributed by atoms with Crippen molar-refractivity contribution in [1.82, 2.24) is 4.31 Å². The van der Waals surface area contributed by atoms with E-state index >= 15 is 0 Å². The van der Waals surface area contributed by atoms with Crippen LogP contribution in [0.5, 0.6) is 5.75 Å². The van der Waals surface area contributed by atoms with Gasteiger partial charge >= 0.3 is 0 Å². The molecule has 1 amide bonds. The second-order valence-corrected chi connectivity index (χ2v) is 8.88. The SMILES string of the molecule is COc1ccc(S(=O)(=O)N(CC(=O)Nc2ccc(F)cc2)Cc2ccccc2)cc1C. The van der Waals surface area contributed by atoms with Crippen LogP contribution in [0.2, 0.25) is 0 Å². The first-order chi connectivity index (χ1) is 14.8. The van der Waals surface area contributed by atoms with E-state index in [1.165, 1.54) is 43.5 Å². The minimum Gasteiger partial charge on any atom is -0.496 e. The number of ether oxygens (including phenoxy) is 1. The number of benzene rings is 3. The number of hydrogen-bond acceptors (Lipinski definition) is 4. The van der Waals surface area contributed by atoms with Crippen molar-refractivity contribution in [2.45, 2.75) is 18.4 Å². The van der Waals surface area contributed by atoms with E-state index in [0.717, 1.165) is 9.87 Å². The fourth-order valence-electron chi connectivity index (χ4n) is 3.07. The molecule has 6 nitrogen and oxygen atoms in total. The molecule has 0 saturated carbocycles. The maximum atomic E-state index is 13.4. The number of anilines is 1. The summed E-state index contributed by atoms with van der Waals surface area (Å²) in [5.74, 6) is -0.389. The van der Waals surface area contributed by atoms with Gasteiger partial charge in [0.2, 0.25) is 15.9 Å². The summed E-state index contributed by atoms with van der Waals surface area (Å²) in [6, 6.07) is 18.8. The zero-order valence-electron chi connectivity index (χ0n) is 17.2. The quantitative estimate of drug-likeness (QED) is 0.573. The summed E-state index contributed by atoms with van der Waals surface area (Å²) >= 11 is 0. The van der Waals surface area contributed by atoms with Crippen molar-refractivity contribution >= 4 is 21.6 Å². The van der Waals surface area contributed by atoms with Crippen molar-refractivity contribution in [3.8, 4) is 5.75 Å². The molecule has 0 aliphatic carbocycles. The van der Waals surface area contributed by atoms with Crippen molar-refractivity contribution in [3.05, 3.63) is 89.7 Å². The fraction of sp³-hybridized carbons (Fsp3) is 0.174. The Balaban J connectivity index is 1.88. The van der Waals surface area contributed by atoms with Crippen LogP contribution in [0.25, 0.3) is 0 Å². The van der Waals surface area contributed by atoms with Crippen molar-refractivity contribution < 1.29 is 22.3 Å². The molecule has 1 N–H and O–H groups in total. The lowest BCUT2D eigenvalue weighted by Gasteiger charge is -2.22. The number of nitrogens with zero attached hydrogens (tertiary/aromatic N) is 1. The van der Waals surface area contributed by atoms with E-state index in [1.807, 2.05) is 6.07 Å². The van der Waals surface area contributed by atoms with E-state index in [2.05, 4.69) is 5.32 Å². The number of sulfonamides is 1. The molecule has 3 rings (SSSR count). The van der Waals surface area contributed by atoms with Crippen LogP contribution < -0.4 is 10.1 Å². The maximum absolute atomic E-state index is 13.4. The van der Waals surface area contributed by atoms with Gasteiger partial charge in [-0.25, -0.2) is 12.8 Å². The smallest absolute Gasteiger partial charge is 0.243 e. The molecule has 162 valence electrons. The Morgan fingerprint density at radius 2 is 1.71 bits per heavy atom. The zero-order valence-corrected chi connectivity index (χ0v) is 18.0. The topological polar surface area (TPSA) is 75.7 Å². The van der Waals surface area contributed by atoms with Crippen LogP contribution in [0, 0.1) is 12.7 Å². The number of hydrogen-bond donors (Lipinski definition) is 1. The molecule has 8 heteroatoms. The highest BCUT2D eigenvalue weighted by molar-refractivity contribution is 7.89. The molecule has 3 aromatic carbocycles. The third kappa shape index (κ3) is 5.68. The number of nitrogens with one attached hydrogen (secondary N) is 1. The average molecular weight is 443 g/mol. The second-order valence-electron chi connectivity index (χ2n) is 6.95. The van der Waals surface area contributed by atoms with Gasteiger partial charge in [0.25, 0.3) is 0 Å². The number of methoxy groups -OCH3 is 1. The summed E-state index contributed by atoms with van der Waals surface area (Å²) < 4.78 is 46.2. The Hall–Kier alpha value is -3.23. The van der Waals surface area contributed by atoms with Gasteiger partial charge in [-0.2, -0.15) is 4.31 Å². The van der Waals surface area contributed by atoms with Crippen molar-refractivity contribution in [2.24, 2.45) is 0 Å². The molecular weight excluding hydrogens is 419 g/mol. The minimum absolute atomic E-state index is 0.0189. The predicted octanol–water partition coefficient (Wildman–Crippen LogP) is 3.97. The van der Waals surface area contributed by atoms with Crippen LogP contribution in [-0.2, 0) is 21.4 Å². The van der Waals surface area contributed by atoms with E-state index in [9.17, 15) is 17.6 Å². The van der Waals surface area contributed by atoms with Gasteiger partial charge in [-0.05, 0) is 60.5 Å². The summed E-state index contributed by atoms with van der Waals surface area (Å²) in [6.45, 7) is 1.37. The van der Waals surface area contributed by atoms with Crippen LogP contribution in [0.15, 0.2) is 77.7 Å². The van der Waals surface area contributed by atoms with Gasteiger partial charge in [0.15, 0.2) is 0 Å². The van der Waals surface area contributed by atoms with Gasteiger partial charge < -0.3 is 10.1 Å². The zero-order chi connectivity index (χ0) is 22.4. The molecule has 0 spiro atoms. The number of carbonyl (C=O) groups excluding carboxylic acids is 1. The summed E-state index contributed by atoms with van der Waals surface area (Å²) in [5.41, 5.74) is 1.79. The Morgan fingerprint density at radius 3 is 2.32 bits per heavy atom. The van der Waals surface area contributed by atoms with E-state index in [0.29, 0.717) is 17.0 Å². The highest BCUT2D eigenvalue weighted by Crippen LogP contribution is 2.25. The summed E-state index contributed by atoms with van der Waals surface area (Å²) in [4.78, 5) is 12.7. The lowest BCUT2D eigenvalue weighted by atomic mass is 10.2. The Labute approximate surface area is 181 Å². The number of rotatable bonds is 8. The van der Waals surface area contributed by atoms with Gasteiger partial charge in [0, 0.05) is 12.2 Å². The number of halogens is 1. The van der Waals surface area contributed by atoms with Crippen LogP contribution in [0.3, 0.4) is 0 Å². The fourth-order valence-corrected chi connectivity index (χ4v) is 4.54. The molecule has 0 saturated heterocycles. The van der Waals surface area contributed by atoms with Crippen LogP contribution >= 0.6 is 0 Å². The van der Waals surface area contributed by atoms with Crippen LogP contribution in [-0.4, -0.2) is 32.3 Å². The normalized spacial score (nSPS) is 11.4. The van der Waals surface area contributed by atoms with E-state index < -0.39 is 28.3 Å². The molecule has 0 aliphatic heterocycles. The van der Waals surface area contributed by atoms with Crippen LogP contribution in [0.4, 0.5) is 10.1 Å². The molecule has 0 aromatic heterocycles. The monoisotopic (exact) mass is 442 g/mol. The minimum atomic E-state index is -3.98. The summed E-state index contributed by atoms with van der Waals surface area (Å²) in [5, 5.41) is 2.61. The number of amides is 1.